The lowest BCUT2D eigenvalue weighted by molar-refractivity contribution is -0.231. The van der Waals surface area contributed by atoms with Gasteiger partial charge in [-0.1, -0.05) is 18.2 Å². The number of ether oxygens (including phenoxy) is 1. The topological polar surface area (TPSA) is 133 Å². The summed E-state index contributed by atoms with van der Waals surface area (Å²) >= 11 is 0. The van der Waals surface area contributed by atoms with Crippen molar-refractivity contribution in [2.24, 2.45) is 5.73 Å². The Hall–Kier alpha value is -1.51. The average Bonchev–Trinajstić information content (AvgIpc) is 2.45. The van der Waals surface area contributed by atoms with Crippen LogP contribution in [0.3, 0.4) is 0 Å². The van der Waals surface area contributed by atoms with Gasteiger partial charge in [-0.15, -0.1) is 0 Å². The van der Waals surface area contributed by atoms with E-state index in [-0.39, 0.29) is 5.56 Å². The number of primary amides is 1. The summed E-state index contributed by atoms with van der Waals surface area (Å²) in [6.07, 6.45) is -6.46. The molecule has 1 fully saturated rings. The van der Waals surface area contributed by atoms with Crippen LogP contribution >= 0.6 is 0 Å². The molecule has 6 N–H and O–H groups in total. The average molecular weight is 283 g/mol. The molecular formula is C13H17NO6. The van der Waals surface area contributed by atoms with Crippen LogP contribution in [-0.4, -0.2) is 57.4 Å². The van der Waals surface area contributed by atoms with Gasteiger partial charge in [0.1, 0.15) is 30.5 Å². The van der Waals surface area contributed by atoms with E-state index < -0.39 is 43.0 Å². The van der Waals surface area contributed by atoms with E-state index in [0.717, 1.165) is 0 Å². The maximum Gasteiger partial charge on any atom is 0.249 e. The number of aliphatic hydroxyl groups is 4. The fourth-order valence-corrected chi connectivity index (χ4v) is 2.33. The van der Waals surface area contributed by atoms with Crippen molar-refractivity contribution in [2.45, 2.75) is 30.5 Å². The Kier molecular flexibility index (Phi) is 4.36. The molecule has 0 spiro atoms. The summed E-state index contributed by atoms with van der Waals surface area (Å²) in [6, 6.07) is 6.24. The third kappa shape index (κ3) is 2.54. The van der Waals surface area contributed by atoms with Crippen LogP contribution < -0.4 is 5.73 Å². The molecule has 1 aliphatic heterocycles. The van der Waals surface area contributed by atoms with Gasteiger partial charge in [0.25, 0.3) is 0 Å². The Morgan fingerprint density at radius 1 is 1.15 bits per heavy atom. The second kappa shape index (κ2) is 5.86. The monoisotopic (exact) mass is 283 g/mol. The summed E-state index contributed by atoms with van der Waals surface area (Å²) < 4.78 is 5.39. The lowest BCUT2D eigenvalue weighted by Crippen LogP contribution is -2.55. The van der Waals surface area contributed by atoms with Gasteiger partial charge in [0.15, 0.2) is 0 Å². The molecule has 1 aromatic rings. The number of carbonyl (C=O) groups excluding carboxylic acids is 1. The minimum Gasteiger partial charge on any atom is -0.394 e. The number of amides is 1. The molecule has 1 saturated heterocycles. The number of hydrogen-bond donors (Lipinski definition) is 5. The van der Waals surface area contributed by atoms with Crippen LogP contribution in [-0.2, 0) is 4.74 Å². The quantitative estimate of drug-likeness (QED) is 0.449. The van der Waals surface area contributed by atoms with Crippen LogP contribution in [0.25, 0.3) is 0 Å². The van der Waals surface area contributed by atoms with Gasteiger partial charge in [-0.05, 0) is 11.6 Å². The minimum absolute atomic E-state index is 0.150. The molecule has 0 aromatic heterocycles. The number of hydrogen-bond acceptors (Lipinski definition) is 6. The SMILES string of the molecule is NC(=O)c1ccccc1[C@H]1O[C@H](CO)[C@@H](O)[C@H](O)[C@@H]1O. The Balaban J connectivity index is 2.39. The third-order valence-corrected chi connectivity index (χ3v) is 3.43. The van der Waals surface area contributed by atoms with Gasteiger partial charge in [0.2, 0.25) is 5.91 Å². The molecule has 7 nitrogen and oxygen atoms in total. The molecule has 0 saturated carbocycles. The van der Waals surface area contributed by atoms with Crippen molar-refractivity contribution in [3.63, 3.8) is 0 Å². The smallest absolute Gasteiger partial charge is 0.249 e. The highest BCUT2D eigenvalue weighted by Crippen LogP contribution is 2.33. The van der Waals surface area contributed by atoms with Gasteiger partial charge in [-0.3, -0.25) is 4.79 Å². The van der Waals surface area contributed by atoms with E-state index in [4.69, 9.17) is 15.6 Å². The highest BCUT2D eigenvalue weighted by atomic mass is 16.5. The van der Waals surface area contributed by atoms with Crippen LogP contribution in [0.2, 0.25) is 0 Å². The first kappa shape index (κ1) is 14.9. The Morgan fingerprint density at radius 2 is 1.80 bits per heavy atom. The van der Waals surface area contributed by atoms with Crippen LogP contribution in [0.4, 0.5) is 0 Å². The van der Waals surface area contributed by atoms with Gasteiger partial charge in [-0.25, -0.2) is 0 Å². The van der Waals surface area contributed by atoms with Crippen LogP contribution in [0.15, 0.2) is 24.3 Å². The maximum absolute atomic E-state index is 11.4. The minimum atomic E-state index is -1.49. The van der Waals surface area contributed by atoms with Gasteiger partial charge in [0, 0.05) is 5.56 Å². The molecule has 1 heterocycles. The second-order valence-corrected chi connectivity index (χ2v) is 4.70. The molecule has 0 unspecified atom stereocenters. The van der Waals surface area contributed by atoms with E-state index in [1.54, 1.807) is 12.1 Å². The van der Waals surface area contributed by atoms with Crippen molar-refractivity contribution in [3.8, 4) is 0 Å². The Morgan fingerprint density at radius 3 is 2.40 bits per heavy atom. The normalized spacial score (nSPS) is 33.9. The summed E-state index contributed by atoms with van der Waals surface area (Å²) in [5, 5.41) is 38.6. The molecule has 20 heavy (non-hydrogen) atoms. The number of rotatable bonds is 3. The van der Waals surface area contributed by atoms with E-state index in [2.05, 4.69) is 0 Å². The first-order valence-electron chi connectivity index (χ1n) is 6.16. The molecule has 1 aromatic carbocycles. The number of carbonyl (C=O) groups is 1. The highest BCUT2D eigenvalue weighted by Gasteiger charge is 2.44. The standard InChI is InChI=1S/C13H17NO6/c14-13(19)7-4-2-1-3-6(7)12-11(18)10(17)9(16)8(5-15)20-12/h1-4,8-12,15-18H,5H2,(H2,14,19)/t8-,9-,10+,11+,12-/m1/s1. The van der Waals surface area contributed by atoms with Gasteiger partial charge in [0.05, 0.1) is 6.61 Å². The summed E-state index contributed by atoms with van der Waals surface area (Å²) in [6.45, 7) is -0.528. The zero-order valence-electron chi connectivity index (χ0n) is 10.6. The predicted octanol–water partition coefficient (Wildman–Crippen LogP) is -1.70. The second-order valence-electron chi connectivity index (χ2n) is 4.70. The molecule has 1 amide bonds. The summed E-state index contributed by atoms with van der Waals surface area (Å²) in [4.78, 5) is 11.4. The van der Waals surface area contributed by atoms with Crippen molar-refractivity contribution >= 4 is 5.91 Å². The van der Waals surface area contributed by atoms with Crippen molar-refractivity contribution in [1.29, 1.82) is 0 Å². The molecule has 0 bridgehead atoms. The molecular weight excluding hydrogens is 266 g/mol. The lowest BCUT2D eigenvalue weighted by atomic mass is 9.89. The van der Waals surface area contributed by atoms with Crippen molar-refractivity contribution in [1.82, 2.24) is 0 Å². The number of benzene rings is 1. The highest BCUT2D eigenvalue weighted by molar-refractivity contribution is 5.94. The van der Waals surface area contributed by atoms with E-state index >= 15 is 0 Å². The molecule has 5 atom stereocenters. The fraction of sp³-hybridized carbons (Fsp3) is 0.462. The first-order valence-corrected chi connectivity index (χ1v) is 6.16. The van der Waals surface area contributed by atoms with Gasteiger partial charge in [-0.2, -0.15) is 0 Å². The first-order chi connectivity index (χ1) is 9.47. The molecule has 2 rings (SSSR count). The Labute approximate surface area is 115 Å². The van der Waals surface area contributed by atoms with Gasteiger partial charge < -0.3 is 30.9 Å². The van der Waals surface area contributed by atoms with Crippen LogP contribution in [0, 0.1) is 0 Å². The Bertz CT molecular complexity index is 492. The fourth-order valence-electron chi connectivity index (χ4n) is 2.33. The molecule has 0 aliphatic carbocycles. The largest absolute Gasteiger partial charge is 0.394 e. The van der Waals surface area contributed by atoms with E-state index in [1.807, 2.05) is 0 Å². The molecule has 1 aliphatic rings. The summed E-state index contributed by atoms with van der Waals surface area (Å²) in [7, 11) is 0. The van der Waals surface area contributed by atoms with E-state index in [9.17, 15) is 20.1 Å². The third-order valence-electron chi connectivity index (χ3n) is 3.43. The summed E-state index contributed by atoms with van der Waals surface area (Å²) in [5.41, 5.74) is 5.71. The number of aliphatic hydroxyl groups excluding tert-OH is 4. The summed E-state index contributed by atoms with van der Waals surface area (Å²) in [5.74, 6) is -0.697. The zero-order valence-corrected chi connectivity index (χ0v) is 10.6. The molecule has 0 radical (unpaired) electrons. The lowest BCUT2D eigenvalue weighted by Gasteiger charge is -2.40. The molecule has 110 valence electrons. The van der Waals surface area contributed by atoms with Gasteiger partial charge >= 0.3 is 0 Å². The van der Waals surface area contributed by atoms with Crippen molar-refractivity contribution in [2.75, 3.05) is 6.61 Å². The molecule has 7 heteroatoms. The number of nitrogens with two attached hydrogens (primary N) is 1. The predicted molar refractivity (Wildman–Crippen MR) is 67.7 cm³/mol. The van der Waals surface area contributed by atoms with E-state index in [1.165, 1.54) is 12.1 Å². The zero-order chi connectivity index (χ0) is 14.9. The van der Waals surface area contributed by atoms with Crippen LogP contribution in [0.5, 0.6) is 0 Å². The van der Waals surface area contributed by atoms with Crippen LogP contribution in [0.1, 0.15) is 22.0 Å². The van der Waals surface area contributed by atoms with Crippen molar-refractivity contribution in [3.05, 3.63) is 35.4 Å². The van der Waals surface area contributed by atoms with Crippen molar-refractivity contribution < 1.29 is 30.0 Å². The van der Waals surface area contributed by atoms with E-state index in [0.29, 0.717) is 5.56 Å². The maximum atomic E-state index is 11.4.